The maximum atomic E-state index is 11.2. The maximum absolute atomic E-state index is 11.2. The van der Waals surface area contributed by atoms with Crippen LogP contribution in [0.5, 0.6) is 0 Å². The van der Waals surface area contributed by atoms with Crippen LogP contribution >= 0.6 is 0 Å². The lowest BCUT2D eigenvalue weighted by molar-refractivity contribution is -0.126. The zero-order valence-electron chi connectivity index (χ0n) is 8.28. The van der Waals surface area contributed by atoms with E-state index in [4.69, 9.17) is 0 Å². The molecule has 82 valence electrons. The summed E-state index contributed by atoms with van der Waals surface area (Å²) in [5.41, 5.74) is 0. The van der Waals surface area contributed by atoms with Crippen LogP contribution in [0.2, 0.25) is 0 Å². The first-order chi connectivity index (χ1) is 7.18. The Kier molecular flexibility index (Phi) is 2.57. The van der Waals surface area contributed by atoms with E-state index in [0.717, 1.165) is 17.7 Å². The summed E-state index contributed by atoms with van der Waals surface area (Å²) in [6, 6.07) is -0.374. The van der Waals surface area contributed by atoms with Gasteiger partial charge in [-0.25, -0.2) is 4.79 Å². The summed E-state index contributed by atoms with van der Waals surface area (Å²) in [5.74, 6) is -0.0455. The molecule has 0 atom stereocenters. The van der Waals surface area contributed by atoms with Crippen LogP contribution in [0.25, 0.3) is 0 Å². The topological polar surface area (TPSA) is 78.5 Å². The number of imide groups is 1. The maximum Gasteiger partial charge on any atom is 0.324 e. The Bertz CT molecular complexity index is 296. The number of carbonyl (C=O) groups is 3. The average Bonchev–Trinajstić information content (AvgIpc) is 2.99. The first-order valence-electron chi connectivity index (χ1n) is 5.04. The number of hydrogen-bond donors (Lipinski definition) is 2. The van der Waals surface area contributed by atoms with Gasteiger partial charge in [-0.1, -0.05) is 0 Å². The van der Waals surface area contributed by atoms with Gasteiger partial charge in [0.05, 0.1) is 6.54 Å². The van der Waals surface area contributed by atoms with Gasteiger partial charge in [-0.2, -0.15) is 0 Å². The second-order valence-electron chi connectivity index (χ2n) is 3.77. The summed E-state index contributed by atoms with van der Waals surface area (Å²) in [7, 11) is 0. The molecule has 0 spiro atoms. The van der Waals surface area contributed by atoms with Crippen molar-refractivity contribution in [3.05, 3.63) is 0 Å². The molecule has 15 heavy (non-hydrogen) atoms. The van der Waals surface area contributed by atoms with Crippen LogP contribution in [-0.2, 0) is 9.59 Å². The molecule has 2 fully saturated rings. The lowest BCUT2D eigenvalue weighted by Crippen LogP contribution is -2.39. The molecule has 0 aromatic heterocycles. The van der Waals surface area contributed by atoms with Gasteiger partial charge in [0, 0.05) is 19.0 Å². The number of nitrogens with one attached hydrogen (secondary N) is 2. The van der Waals surface area contributed by atoms with Gasteiger partial charge in [0.25, 0.3) is 0 Å². The molecule has 1 aliphatic heterocycles. The smallest absolute Gasteiger partial charge is 0.324 e. The van der Waals surface area contributed by atoms with Crippen LogP contribution in [0, 0.1) is 5.92 Å². The van der Waals surface area contributed by atoms with Gasteiger partial charge >= 0.3 is 6.03 Å². The normalized spacial score (nSPS) is 20.4. The van der Waals surface area contributed by atoms with E-state index in [-0.39, 0.29) is 36.9 Å². The van der Waals surface area contributed by atoms with Gasteiger partial charge in [0.15, 0.2) is 0 Å². The van der Waals surface area contributed by atoms with Crippen LogP contribution in [-0.4, -0.2) is 42.4 Å². The van der Waals surface area contributed by atoms with Crippen LogP contribution in [0.4, 0.5) is 4.79 Å². The number of hydrogen-bond acceptors (Lipinski definition) is 3. The Hall–Kier alpha value is -1.59. The Morgan fingerprint density at radius 3 is 2.73 bits per heavy atom. The summed E-state index contributed by atoms with van der Waals surface area (Å²) in [6.07, 6.45) is 1.91. The lowest BCUT2D eigenvalue weighted by Gasteiger charge is -2.12. The number of carbonyl (C=O) groups excluding carboxylic acids is 3. The molecule has 4 amide bonds. The van der Waals surface area contributed by atoms with Crippen molar-refractivity contribution >= 4 is 17.8 Å². The van der Waals surface area contributed by atoms with Crippen LogP contribution in [0.3, 0.4) is 0 Å². The van der Waals surface area contributed by atoms with E-state index in [2.05, 4.69) is 10.6 Å². The molecule has 1 heterocycles. The van der Waals surface area contributed by atoms with Crippen molar-refractivity contribution in [2.75, 3.05) is 19.6 Å². The minimum Gasteiger partial charge on any atom is -0.354 e. The largest absolute Gasteiger partial charge is 0.354 e. The molecule has 1 saturated heterocycles. The van der Waals surface area contributed by atoms with Gasteiger partial charge in [-0.3, -0.25) is 14.5 Å². The summed E-state index contributed by atoms with van der Waals surface area (Å²) in [6.45, 7) is 0.660. The SMILES string of the molecule is O=C(NCCN1C(=O)CNC1=O)C1CC1. The van der Waals surface area contributed by atoms with E-state index in [9.17, 15) is 14.4 Å². The Morgan fingerprint density at radius 1 is 1.47 bits per heavy atom. The molecular formula is C9H13N3O3. The summed E-state index contributed by atoms with van der Waals surface area (Å²) < 4.78 is 0. The van der Waals surface area contributed by atoms with Gasteiger partial charge in [0.2, 0.25) is 11.8 Å². The zero-order chi connectivity index (χ0) is 10.8. The highest BCUT2D eigenvalue weighted by molar-refractivity contribution is 6.01. The number of urea groups is 1. The van der Waals surface area contributed by atoms with E-state index >= 15 is 0 Å². The first-order valence-corrected chi connectivity index (χ1v) is 5.04. The summed E-state index contributed by atoms with van der Waals surface area (Å²) in [5, 5.41) is 5.12. The van der Waals surface area contributed by atoms with Gasteiger partial charge in [-0.05, 0) is 12.8 Å². The van der Waals surface area contributed by atoms with Crippen molar-refractivity contribution in [2.45, 2.75) is 12.8 Å². The van der Waals surface area contributed by atoms with E-state index in [1.807, 2.05) is 0 Å². The highest BCUT2D eigenvalue weighted by Gasteiger charge is 2.30. The summed E-state index contributed by atoms with van der Waals surface area (Å²) >= 11 is 0. The van der Waals surface area contributed by atoms with E-state index in [1.165, 1.54) is 0 Å². The van der Waals surface area contributed by atoms with Crippen molar-refractivity contribution in [2.24, 2.45) is 5.92 Å². The molecule has 0 unspecified atom stereocenters. The standard InChI is InChI=1S/C9H13N3O3/c13-7-5-11-9(15)12(7)4-3-10-8(14)6-1-2-6/h6H,1-5H2,(H,10,14)(H,11,15). The highest BCUT2D eigenvalue weighted by Crippen LogP contribution is 2.28. The molecule has 2 rings (SSSR count). The highest BCUT2D eigenvalue weighted by atomic mass is 16.2. The fourth-order valence-electron chi connectivity index (χ4n) is 1.46. The third kappa shape index (κ3) is 2.26. The van der Waals surface area contributed by atoms with Crippen LogP contribution in [0.1, 0.15) is 12.8 Å². The quantitative estimate of drug-likeness (QED) is 0.589. The molecule has 2 aliphatic rings. The molecule has 6 nitrogen and oxygen atoms in total. The molecule has 0 bridgehead atoms. The molecule has 0 aromatic carbocycles. The van der Waals surface area contributed by atoms with Crippen molar-refractivity contribution in [1.29, 1.82) is 0 Å². The fourth-order valence-corrected chi connectivity index (χ4v) is 1.46. The summed E-state index contributed by atoms with van der Waals surface area (Å²) in [4.78, 5) is 34.6. The second kappa shape index (κ2) is 3.88. The van der Waals surface area contributed by atoms with E-state index < -0.39 is 0 Å². The monoisotopic (exact) mass is 211 g/mol. The third-order valence-corrected chi connectivity index (χ3v) is 2.52. The predicted octanol–water partition coefficient (Wildman–Crippen LogP) is -0.936. The van der Waals surface area contributed by atoms with Gasteiger partial charge < -0.3 is 10.6 Å². The molecule has 6 heteroatoms. The molecular weight excluding hydrogens is 198 g/mol. The number of rotatable bonds is 4. The average molecular weight is 211 g/mol. The molecule has 1 aliphatic carbocycles. The number of amides is 4. The first kappa shape index (κ1) is 9.95. The Labute approximate surface area is 87.0 Å². The van der Waals surface area contributed by atoms with E-state index in [1.54, 1.807) is 0 Å². The van der Waals surface area contributed by atoms with Gasteiger partial charge in [-0.15, -0.1) is 0 Å². The minimum atomic E-state index is -0.374. The van der Waals surface area contributed by atoms with Crippen LogP contribution < -0.4 is 10.6 Å². The van der Waals surface area contributed by atoms with Gasteiger partial charge in [0.1, 0.15) is 0 Å². The Balaban J connectivity index is 1.70. The molecule has 1 saturated carbocycles. The fraction of sp³-hybridized carbons (Fsp3) is 0.667. The van der Waals surface area contributed by atoms with Crippen molar-refractivity contribution in [3.63, 3.8) is 0 Å². The number of nitrogens with zero attached hydrogens (tertiary/aromatic N) is 1. The van der Waals surface area contributed by atoms with Crippen LogP contribution in [0.15, 0.2) is 0 Å². The molecule has 2 N–H and O–H groups in total. The lowest BCUT2D eigenvalue weighted by atomic mass is 10.4. The van der Waals surface area contributed by atoms with Crippen molar-refractivity contribution in [3.8, 4) is 0 Å². The third-order valence-electron chi connectivity index (χ3n) is 2.52. The minimum absolute atomic E-state index is 0.0297. The van der Waals surface area contributed by atoms with Crippen molar-refractivity contribution < 1.29 is 14.4 Å². The predicted molar refractivity (Wildman–Crippen MR) is 50.8 cm³/mol. The van der Waals surface area contributed by atoms with Crippen molar-refractivity contribution in [1.82, 2.24) is 15.5 Å². The molecule has 0 aromatic rings. The molecule has 0 radical (unpaired) electrons. The van der Waals surface area contributed by atoms with E-state index in [0.29, 0.717) is 6.54 Å². The zero-order valence-corrected chi connectivity index (χ0v) is 8.28. The second-order valence-corrected chi connectivity index (χ2v) is 3.77. The Morgan fingerprint density at radius 2 is 2.20 bits per heavy atom.